The van der Waals surface area contributed by atoms with Crippen molar-refractivity contribution in [3.8, 4) is 11.5 Å². The number of hydrogen-bond donors (Lipinski definition) is 2. The molecule has 2 aromatic rings. The van der Waals surface area contributed by atoms with Crippen molar-refractivity contribution < 1.29 is 9.84 Å². The van der Waals surface area contributed by atoms with Crippen molar-refractivity contribution in [1.82, 2.24) is 9.55 Å². The van der Waals surface area contributed by atoms with Gasteiger partial charge in [-0.2, -0.15) is 0 Å². The van der Waals surface area contributed by atoms with Crippen molar-refractivity contribution in [3.63, 3.8) is 0 Å². The van der Waals surface area contributed by atoms with Crippen LogP contribution in [0, 0.1) is 0 Å². The number of aromatic hydroxyl groups is 1. The van der Waals surface area contributed by atoms with E-state index in [4.69, 9.17) is 10.5 Å². The third-order valence-corrected chi connectivity index (χ3v) is 2.60. The number of phenolic OH excluding ortho intramolecular Hbond substituents is 1. The van der Waals surface area contributed by atoms with Crippen molar-refractivity contribution in [2.75, 3.05) is 5.73 Å². The number of rotatable bonds is 4. The van der Waals surface area contributed by atoms with Gasteiger partial charge in [-0.1, -0.05) is 6.07 Å². The molecule has 0 radical (unpaired) electrons. The molecule has 5 nitrogen and oxygen atoms in total. The van der Waals surface area contributed by atoms with Crippen LogP contribution in [0.15, 0.2) is 30.5 Å². The minimum Gasteiger partial charge on any atom is -0.508 e. The standard InChI is InChI=1S/C13H17N3O2/c1-9(2)16-12(14)7-15-13(16)8-18-11-5-3-4-10(17)6-11/h3-7,9,17H,8,14H2,1-2H3. The molecule has 0 spiro atoms. The van der Waals surface area contributed by atoms with Gasteiger partial charge < -0.3 is 20.1 Å². The fraction of sp³-hybridized carbons (Fsp3) is 0.308. The molecule has 0 saturated carbocycles. The summed E-state index contributed by atoms with van der Waals surface area (Å²) < 4.78 is 7.50. The summed E-state index contributed by atoms with van der Waals surface area (Å²) in [6.45, 7) is 4.39. The fourth-order valence-corrected chi connectivity index (χ4v) is 1.84. The van der Waals surface area contributed by atoms with Crippen LogP contribution >= 0.6 is 0 Å². The Morgan fingerprint density at radius 3 is 2.89 bits per heavy atom. The number of phenols is 1. The molecule has 5 heteroatoms. The predicted molar refractivity (Wildman–Crippen MR) is 69.5 cm³/mol. The normalized spacial score (nSPS) is 10.8. The first-order valence-electron chi connectivity index (χ1n) is 5.81. The van der Waals surface area contributed by atoms with Crippen LogP contribution in [-0.2, 0) is 6.61 Å². The number of benzene rings is 1. The summed E-state index contributed by atoms with van der Waals surface area (Å²) in [5.74, 6) is 2.18. The van der Waals surface area contributed by atoms with E-state index in [-0.39, 0.29) is 11.8 Å². The van der Waals surface area contributed by atoms with Gasteiger partial charge in [0.25, 0.3) is 0 Å². The van der Waals surface area contributed by atoms with Crippen LogP contribution in [0.5, 0.6) is 11.5 Å². The Labute approximate surface area is 106 Å². The topological polar surface area (TPSA) is 73.3 Å². The van der Waals surface area contributed by atoms with Gasteiger partial charge >= 0.3 is 0 Å². The minimum absolute atomic E-state index is 0.180. The maximum Gasteiger partial charge on any atom is 0.148 e. The number of anilines is 1. The van der Waals surface area contributed by atoms with Gasteiger partial charge in [0.05, 0.1) is 6.20 Å². The first-order valence-corrected chi connectivity index (χ1v) is 5.81. The predicted octanol–water partition coefficient (Wildman–Crippen LogP) is 2.33. The third kappa shape index (κ3) is 2.56. The molecule has 2 rings (SSSR count). The molecule has 1 aromatic carbocycles. The van der Waals surface area contributed by atoms with Gasteiger partial charge in [0.1, 0.15) is 29.7 Å². The summed E-state index contributed by atoms with van der Waals surface area (Å²) in [6.07, 6.45) is 1.63. The maximum atomic E-state index is 9.34. The lowest BCUT2D eigenvalue weighted by Crippen LogP contribution is -2.11. The zero-order valence-electron chi connectivity index (χ0n) is 10.5. The van der Waals surface area contributed by atoms with Crippen molar-refractivity contribution in [1.29, 1.82) is 0 Å². The highest BCUT2D eigenvalue weighted by atomic mass is 16.5. The Bertz CT molecular complexity index is 535. The molecule has 18 heavy (non-hydrogen) atoms. The fourth-order valence-electron chi connectivity index (χ4n) is 1.84. The van der Waals surface area contributed by atoms with E-state index in [0.717, 1.165) is 5.82 Å². The largest absolute Gasteiger partial charge is 0.508 e. The average Bonchev–Trinajstić information content (AvgIpc) is 2.68. The van der Waals surface area contributed by atoms with E-state index < -0.39 is 0 Å². The Kier molecular flexibility index (Phi) is 3.41. The van der Waals surface area contributed by atoms with Crippen molar-refractivity contribution >= 4 is 5.82 Å². The molecule has 1 aromatic heterocycles. The zero-order valence-corrected chi connectivity index (χ0v) is 10.5. The number of nitrogen functional groups attached to an aromatic ring is 1. The van der Waals surface area contributed by atoms with E-state index in [1.807, 2.05) is 18.4 Å². The Balaban J connectivity index is 2.11. The zero-order chi connectivity index (χ0) is 13.1. The minimum atomic E-state index is 0.180. The first-order chi connectivity index (χ1) is 8.58. The highest BCUT2D eigenvalue weighted by molar-refractivity contribution is 5.32. The molecular weight excluding hydrogens is 230 g/mol. The van der Waals surface area contributed by atoms with Gasteiger partial charge in [-0.25, -0.2) is 4.98 Å². The molecule has 0 atom stereocenters. The summed E-state index contributed by atoms with van der Waals surface area (Å²) in [6, 6.07) is 6.90. The smallest absolute Gasteiger partial charge is 0.148 e. The molecule has 0 bridgehead atoms. The summed E-state index contributed by atoms with van der Waals surface area (Å²) in [5, 5.41) is 9.34. The quantitative estimate of drug-likeness (QED) is 0.869. The van der Waals surface area contributed by atoms with Gasteiger partial charge in [0.2, 0.25) is 0 Å². The van der Waals surface area contributed by atoms with Crippen LogP contribution in [0.1, 0.15) is 25.7 Å². The van der Waals surface area contributed by atoms with Crippen LogP contribution in [-0.4, -0.2) is 14.7 Å². The molecular formula is C13H17N3O2. The summed E-state index contributed by atoms with van der Waals surface area (Å²) >= 11 is 0. The number of nitrogens with two attached hydrogens (primary N) is 1. The van der Waals surface area contributed by atoms with Gasteiger partial charge in [-0.05, 0) is 26.0 Å². The van der Waals surface area contributed by atoms with E-state index in [2.05, 4.69) is 4.98 Å². The highest BCUT2D eigenvalue weighted by Crippen LogP contribution is 2.20. The molecule has 0 unspecified atom stereocenters. The molecule has 3 N–H and O–H groups in total. The number of imidazole rings is 1. The second-order valence-electron chi connectivity index (χ2n) is 4.35. The van der Waals surface area contributed by atoms with E-state index in [9.17, 15) is 5.11 Å². The van der Waals surface area contributed by atoms with Crippen LogP contribution in [0.4, 0.5) is 5.82 Å². The molecule has 1 heterocycles. The number of hydrogen-bond acceptors (Lipinski definition) is 4. The van der Waals surface area contributed by atoms with Crippen LogP contribution in [0.3, 0.4) is 0 Å². The van der Waals surface area contributed by atoms with Crippen LogP contribution < -0.4 is 10.5 Å². The van der Waals surface area contributed by atoms with Crippen molar-refractivity contribution in [2.45, 2.75) is 26.5 Å². The molecule has 0 saturated heterocycles. The summed E-state index contributed by atoms with van der Waals surface area (Å²) in [4.78, 5) is 4.22. The second-order valence-corrected chi connectivity index (χ2v) is 4.35. The van der Waals surface area contributed by atoms with Crippen molar-refractivity contribution in [2.24, 2.45) is 0 Å². The third-order valence-electron chi connectivity index (χ3n) is 2.60. The lowest BCUT2D eigenvalue weighted by Gasteiger charge is -2.14. The van der Waals surface area contributed by atoms with Gasteiger partial charge in [0, 0.05) is 12.1 Å². The van der Waals surface area contributed by atoms with Gasteiger partial charge in [-0.3, -0.25) is 0 Å². The number of aromatic nitrogens is 2. The molecule has 0 aliphatic carbocycles. The summed E-state index contributed by atoms with van der Waals surface area (Å²) in [7, 11) is 0. The SMILES string of the molecule is CC(C)n1c(N)cnc1COc1cccc(O)c1. The van der Waals surface area contributed by atoms with Crippen LogP contribution in [0.25, 0.3) is 0 Å². The van der Waals surface area contributed by atoms with E-state index in [1.165, 1.54) is 0 Å². The molecule has 96 valence electrons. The van der Waals surface area contributed by atoms with Crippen LogP contribution in [0.2, 0.25) is 0 Å². The van der Waals surface area contributed by atoms with E-state index in [0.29, 0.717) is 18.2 Å². The monoisotopic (exact) mass is 247 g/mol. The Hall–Kier alpha value is -2.17. The Morgan fingerprint density at radius 2 is 2.22 bits per heavy atom. The van der Waals surface area contributed by atoms with Gasteiger partial charge in [-0.15, -0.1) is 0 Å². The average molecular weight is 247 g/mol. The van der Waals surface area contributed by atoms with Crippen molar-refractivity contribution in [3.05, 3.63) is 36.3 Å². The highest BCUT2D eigenvalue weighted by Gasteiger charge is 2.11. The lowest BCUT2D eigenvalue weighted by atomic mass is 10.3. The first kappa shape index (κ1) is 12.3. The maximum absolute atomic E-state index is 9.34. The molecule has 0 amide bonds. The summed E-state index contributed by atoms with van der Waals surface area (Å²) in [5.41, 5.74) is 5.84. The molecule has 0 fully saturated rings. The second kappa shape index (κ2) is 5.00. The lowest BCUT2D eigenvalue weighted by molar-refractivity contribution is 0.285. The number of nitrogens with zero attached hydrogens (tertiary/aromatic N) is 2. The van der Waals surface area contributed by atoms with E-state index in [1.54, 1.807) is 30.5 Å². The molecule has 0 aliphatic heterocycles. The van der Waals surface area contributed by atoms with Gasteiger partial charge in [0.15, 0.2) is 0 Å². The molecule has 0 aliphatic rings. The Morgan fingerprint density at radius 1 is 1.44 bits per heavy atom. The van der Waals surface area contributed by atoms with E-state index >= 15 is 0 Å². The number of ether oxygens (including phenoxy) is 1.